The molecule has 8 nitrogen and oxygen atoms in total. The number of thioether (sulfide) groups is 1. The Hall–Kier alpha value is -3.85. The van der Waals surface area contributed by atoms with Crippen molar-refractivity contribution in [1.82, 2.24) is 14.5 Å². The molecular weight excluding hydrogens is 440 g/mol. The molecule has 0 unspecified atom stereocenters. The lowest BCUT2D eigenvalue weighted by Crippen LogP contribution is -2.23. The molecule has 2 aromatic carbocycles. The van der Waals surface area contributed by atoms with E-state index in [0.29, 0.717) is 28.4 Å². The molecule has 0 radical (unpaired) electrons. The highest BCUT2D eigenvalue weighted by molar-refractivity contribution is 7.99. The van der Waals surface area contributed by atoms with E-state index < -0.39 is 5.97 Å². The lowest BCUT2D eigenvalue weighted by molar-refractivity contribution is -0.113. The van der Waals surface area contributed by atoms with E-state index in [1.807, 2.05) is 37.3 Å². The number of anilines is 1. The average Bonchev–Trinajstić information content (AvgIpc) is 3.27. The van der Waals surface area contributed by atoms with Crippen molar-refractivity contribution in [2.24, 2.45) is 0 Å². The van der Waals surface area contributed by atoms with Crippen molar-refractivity contribution in [3.05, 3.63) is 76.7 Å². The zero-order valence-electron chi connectivity index (χ0n) is 18.1. The van der Waals surface area contributed by atoms with Gasteiger partial charge in [-0.3, -0.25) is 14.2 Å². The van der Waals surface area contributed by atoms with Gasteiger partial charge in [-0.15, -0.1) is 0 Å². The first kappa shape index (κ1) is 22.3. The summed E-state index contributed by atoms with van der Waals surface area (Å²) >= 11 is 1.17. The summed E-state index contributed by atoms with van der Waals surface area (Å²) < 4.78 is 6.30. The number of carbonyl (C=O) groups excluding carboxylic acids is 2. The summed E-state index contributed by atoms with van der Waals surface area (Å²) in [6.45, 7) is 2.27. The minimum atomic E-state index is -0.536. The Bertz CT molecular complexity index is 1380. The number of hydrogen-bond donors (Lipinski definition) is 2. The summed E-state index contributed by atoms with van der Waals surface area (Å²) in [7, 11) is 1.29. The molecule has 0 fully saturated rings. The lowest BCUT2D eigenvalue weighted by atomic mass is 10.1. The number of para-hydroxylation sites is 1. The highest BCUT2D eigenvalue weighted by Crippen LogP contribution is 2.27. The third-order valence-corrected chi connectivity index (χ3v) is 6.07. The van der Waals surface area contributed by atoms with Crippen molar-refractivity contribution in [2.45, 2.75) is 18.6 Å². The topological polar surface area (TPSA) is 106 Å². The van der Waals surface area contributed by atoms with Crippen LogP contribution < -0.4 is 10.9 Å². The summed E-state index contributed by atoms with van der Waals surface area (Å²) in [5, 5.41) is 3.18. The van der Waals surface area contributed by atoms with Crippen molar-refractivity contribution in [3.8, 4) is 11.1 Å². The summed E-state index contributed by atoms with van der Waals surface area (Å²) in [5.41, 5.74) is 3.20. The summed E-state index contributed by atoms with van der Waals surface area (Å²) in [5.74, 6) is -0.851. The molecule has 1 amide bonds. The van der Waals surface area contributed by atoms with E-state index in [1.165, 1.54) is 23.4 Å². The minimum absolute atomic E-state index is 0.0124. The van der Waals surface area contributed by atoms with Crippen LogP contribution in [0.4, 0.5) is 5.69 Å². The zero-order chi connectivity index (χ0) is 23.4. The number of esters is 1. The monoisotopic (exact) mass is 462 g/mol. The highest BCUT2D eigenvalue weighted by atomic mass is 32.2. The van der Waals surface area contributed by atoms with Crippen LogP contribution in [0.2, 0.25) is 0 Å². The highest BCUT2D eigenvalue weighted by Gasteiger charge is 2.18. The Morgan fingerprint density at radius 2 is 1.85 bits per heavy atom. The average molecular weight is 463 g/mol. The molecule has 0 aliphatic heterocycles. The lowest BCUT2D eigenvalue weighted by Gasteiger charge is -2.12. The maximum Gasteiger partial charge on any atom is 0.339 e. The van der Waals surface area contributed by atoms with Crippen molar-refractivity contribution < 1.29 is 14.3 Å². The van der Waals surface area contributed by atoms with Gasteiger partial charge in [-0.1, -0.05) is 54.2 Å². The molecule has 0 atom stereocenters. The smallest absolute Gasteiger partial charge is 0.339 e. The Morgan fingerprint density at radius 3 is 2.58 bits per heavy atom. The van der Waals surface area contributed by atoms with Crippen molar-refractivity contribution in [3.63, 3.8) is 0 Å². The van der Waals surface area contributed by atoms with Gasteiger partial charge in [0.15, 0.2) is 5.16 Å². The predicted octanol–water partition coefficient (Wildman–Crippen LogP) is 3.93. The Kier molecular flexibility index (Phi) is 6.60. The number of aromatic nitrogens is 3. The van der Waals surface area contributed by atoms with Crippen molar-refractivity contribution >= 4 is 40.4 Å². The van der Waals surface area contributed by atoms with Gasteiger partial charge in [0.1, 0.15) is 11.0 Å². The van der Waals surface area contributed by atoms with Gasteiger partial charge in [0.2, 0.25) is 5.91 Å². The van der Waals surface area contributed by atoms with Gasteiger partial charge in [0.25, 0.3) is 5.56 Å². The van der Waals surface area contributed by atoms with Crippen LogP contribution in [-0.4, -0.2) is 39.3 Å². The number of fused-ring (bicyclic) bond motifs is 1. The minimum Gasteiger partial charge on any atom is -0.465 e. The van der Waals surface area contributed by atoms with Gasteiger partial charge in [-0.25, -0.2) is 9.78 Å². The number of hydrogen-bond acceptors (Lipinski definition) is 6. The zero-order valence-corrected chi connectivity index (χ0v) is 18.9. The largest absolute Gasteiger partial charge is 0.465 e. The number of ether oxygens (including phenoxy) is 1. The molecule has 2 aromatic heterocycles. The predicted molar refractivity (Wildman–Crippen MR) is 129 cm³/mol. The van der Waals surface area contributed by atoms with E-state index in [4.69, 9.17) is 9.72 Å². The quantitative estimate of drug-likeness (QED) is 0.245. The molecule has 2 heterocycles. The van der Waals surface area contributed by atoms with Gasteiger partial charge in [-0.05, 0) is 24.6 Å². The van der Waals surface area contributed by atoms with Crippen LogP contribution in [0.15, 0.2) is 70.7 Å². The Morgan fingerprint density at radius 1 is 1.12 bits per heavy atom. The standard InChI is InChI=1S/C24H22N4O4S/c1-3-28-22(30)21-20(17(13-25-21)15-9-5-4-6-10-15)27-24(28)33-14-19(29)26-18-12-8-7-11-16(18)23(31)32-2/h4-13,25H,3,14H2,1-2H3,(H,26,29). The van der Waals surface area contributed by atoms with E-state index in [1.54, 1.807) is 30.5 Å². The second-order valence-corrected chi connectivity index (χ2v) is 8.05. The summed E-state index contributed by atoms with van der Waals surface area (Å²) in [6.07, 6.45) is 1.78. The SMILES string of the molecule is CCn1c(SCC(=O)Nc2ccccc2C(=O)OC)nc2c(-c3ccccc3)c[nH]c2c1=O. The normalized spacial score (nSPS) is 10.8. The second-order valence-electron chi connectivity index (χ2n) is 7.11. The fraction of sp³-hybridized carbons (Fsp3) is 0.167. The third-order valence-electron chi connectivity index (χ3n) is 5.09. The maximum absolute atomic E-state index is 13.0. The first-order valence-corrected chi connectivity index (χ1v) is 11.3. The van der Waals surface area contributed by atoms with Crippen molar-refractivity contribution in [1.29, 1.82) is 0 Å². The number of benzene rings is 2. The molecule has 0 bridgehead atoms. The van der Waals surface area contributed by atoms with E-state index in [-0.39, 0.29) is 22.8 Å². The molecular formula is C24H22N4O4S. The van der Waals surface area contributed by atoms with Gasteiger partial charge in [0, 0.05) is 18.3 Å². The molecule has 4 rings (SSSR count). The van der Waals surface area contributed by atoms with Crippen molar-refractivity contribution in [2.75, 3.05) is 18.2 Å². The number of methoxy groups -OCH3 is 1. The Labute approximate surface area is 194 Å². The summed E-state index contributed by atoms with van der Waals surface area (Å²) in [4.78, 5) is 45.4. The third kappa shape index (κ3) is 4.54. The molecule has 0 saturated carbocycles. The second kappa shape index (κ2) is 9.74. The molecule has 168 valence electrons. The summed E-state index contributed by atoms with van der Waals surface area (Å²) in [6, 6.07) is 16.3. The van der Waals surface area contributed by atoms with Gasteiger partial charge in [0.05, 0.1) is 24.1 Å². The van der Waals surface area contributed by atoms with Crippen LogP contribution in [0, 0.1) is 0 Å². The maximum atomic E-state index is 13.0. The molecule has 0 saturated heterocycles. The van der Waals surface area contributed by atoms with E-state index >= 15 is 0 Å². The number of H-pyrrole nitrogens is 1. The van der Waals surface area contributed by atoms with Gasteiger partial charge in [-0.2, -0.15) is 0 Å². The first-order chi connectivity index (χ1) is 16.0. The first-order valence-electron chi connectivity index (χ1n) is 10.3. The fourth-order valence-electron chi connectivity index (χ4n) is 3.50. The van der Waals surface area contributed by atoms with Crippen LogP contribution in [0.1, 0.15) is 17.3 Å². The van der Waals surface area contributed by atoms with Crippen LogP contribution in [0.5, 0.6) is 0 Å². The fourth-order valence-corrected chi connectivity index (χ4v) is 4.35. The number of carbonyl (C=O) groups is 2. The van der Waals surface area contributed by atoms with Gasteiger partial charge < -0.3 is 15.0 Å². The number of rotatable bonds is 7. The van der Waals surface area contributed by atoms with E-state index in [9.17, 15) is 14.4 Å². The molecule has 33 heavy (non-hydrogen) atoms. The van der Waals surface area contributed by atoms with Crippen LogP contribution in [0.25, 0.3) is 22.2 Å². The molecule has 0 aliphatic rings. The van der Waals surface area contributed by atoms with E-state index in [2.05, 4.69) is 10.3 Å². The molecule has 0 aliphatic carbocycles. The van der Waals surface area contributed by atoms with Gasteiger partial charge >= 0.3 is 5.97 Å². The number of nitrogens with zero attached hydrogens (tertiary/aromatic N) is 2. The molecule has 4 aromatic rings. The van der Waals surface area contributed by atoms with Crippen LogP contribution >= 0.6 is 11.8 Å². The number of aromatic amines is 1. The van der Waals surface area contributed by atoms with Crippen LogP contribution in [0.3, 0.4) is 0 Å². The van der Waals surface area contributed by atoms with E-state index in [0.717, 1.165) is 11.1 Å². The number of amides is 1. The van der Waals surface area contributed by atoms with Crippen LogP contribution in [-0.2, 0) is 16.1 Å². The molecule has 9 heteroatoms. The Balaban J connectivity index is 1.61. The number of nitrogens with one attached hydrogen (secondary N) is 2. The molecule has 0 spiro atoms. The molecule has 2 N–H and O–H groups in total.